The first-order valence-electron chi connectivity index (χ1n) is 8.38. The fourth-order valence-corrected chi connectivity index (χ4v) is 3.18. The van der Waals surface area contributed by atoms with Crippen molar-refractivity contribution >= 4 is 0 Å². The average molecular weight is 268 g/mol. The standard InChI is InChI=1S/C17H32O2/c1-13(2)7-9-19-17-12-15(17)10-14(3)11-16-6-4-5-8-18-16/h13-17H,4-12H2,1-3H3. The Hall–Kier alpha value is -0.0800. The fourth-order valence-electron chi connectivity index (χ4n) is 3.18. The first kappa shape index (κ1) is 15.3. The van der Waals surface area contributed by atoms with Gasteiger partial charge in [-0.1, -0.05) is 20.8 Å². The van der Waals surface area contributed by atoms with Gasteiger partial charge in [-0.3, -0.25) is 0 Å². The van der Waals surface area contributed by atoms with Crippen molar-refractivity contribution in [2.24, 2.45) is 17.8 Å². The van der Waals surface area contributed by atoms with E-state index in [0.29, 0.717) is 12.2 Å². The highest BCUT2D eigenvalue weighted by atomic mass is 16.5. The summed E-state index contributed by atoms with van der Waals surface area (Å²) in [5.74, 6) is 2.40. The summed E-state index contributed by atoms with van der Waals surface area (Å²) in [6.45, 7) is 8.86. The normalized spacial score (nSPS) is 32.5. The Morgan fingerprint density at radius 3 is 2.68 bits per heavy atom. The Morgan fingerprint density at radius 1 is 1.16 bits per heavy atom. The van der Waals surface area contributed by atoms with Crippen molar-refractivity contribution in [2.75, 3.05) is 13.2 Å². The molecule has 0 radical (unpaired) electrons. The van der Waals surface area contributed by atoms with Crippen LogP contribution in [-0.2, 0) is 9.47 Å². The van der Waals surface area contributed by atoms with E-state index in [1.165, 1.54) is 44.9 Å². The second-order valence-electron chi connectivity index (χ2n) is 7.15. The average Bonchev–Trinajstić information content (AvgIpc) is 3.08. The number of rotatable bonds is 8. The highest BCUT2D eigenvalue weighted by Gasteiger charge is 2.39. The van der Waals surface area contributed by atoms with Crippen LogP contribution in [0.3, 0.4) is 0 Å². The van der Waals surface area contributed by atoms with Gasteiger partial charge in [0.15, 0.2) is 0 Å². The van der Waals surface area contributed by atoms with Gasteiger partial charge in [0.05, 0.1) is 12.2 Å². The van der Waals surface area contributed by atoms with Crippen LogP contribution in [0.4, 0.5) is 0 Å². The summed E-state index contributed by atoms with van der Waals surface area (Å²) < 4.78 is 11.8. The van der Waals surface area contributed by atoms with E-state index in [1.54, 1.807) is 0 Å². The first-order chi connectivity index (χ1) is 9.15. The van der Waals surface area contributed by atoms with Crippen LogP contribution in [0.5, 0.6) is 0 Å². The molecule has 0 bridgehead atoms. The molecule has 2 nitrogen and oxygen atoms in total. The zero-order valence-corrected chi connectivity index (χ0v) is 13.1. The maximum atomic E-state index is 5.94. The van der Waals surface area contributed by atoms with Gasteiger partial charge in [-0.15, -0.1) is 0 Å². The molecule has 0 N–H and O–H groups in total. The molecular weight excluding hydrogens is 236 g/mol. The summed E-state index contributed by atoms with van der Waals surface area (Å²) in [5, 5.41) is 0. The molecule has 2 fully saturated rings. The van der Waals surface area contributed by atoms with Gasteiger partial charge in [0.2, 0.25) is 0 Å². The van der Waals surface area contributed by atoms with Crippen LogP contribution in [0.15, 0.2) is 0 Å². The third kappa shape index (κ3) is 5.83. The Labute approximate surface area is 119 Å². The van der Waals surface area contributed by atoms with Gasteiger partial charge in [-0.25, -0.2) is 0 Å². The van der Waals surface area contributed by atoms with E-state index >= 15 is 0 Å². The molecule has 0 amide bonds. The Bertz CT molecular complexity index is 246. The molecule has 0 aromatic heterocycles. The third-order valence-electron chi connectivity index (χ3n) is 4.53. The smallest absolute Gasteiger partial charge is 0.0607 e. The molecule has 1 saturated carbocycles. The van der Waals surface area contributed by atoms with Crippen LogP contribution >= 0.6 is 0 Å². The van der Waals surface area contributed by atoms with Crippen LogP contribution in [0.1, 0.15) is 65.7 Å². The van der Waals surface area contributed by atoms with Crippen molar-refractivity contribution in [1.29, 1.82) is 0 Å². The van der Waals surface area contributed by atoms with Gasteiger partial charge in [0.1, 0.15) is 0 Å². The molecule has 4 unspecified atom stereocenters. The van der Waals surface area contributed by atoms with Gasteiger partial charge in [-0.05, 0) is 62.7 Å². The van der Waals surface area contributed by atoms with Crippen LogP contribution in [0.25, 0.3) is 0 Å². The van der Waals surface area contributed by atoms with E-state index in [1.807, 2.05) is 0 Å². The Balaban J connectivity index is 1.53. The van der Waals surface area contributed by atoms with Crippen LogP contribution in [0.2, 0.25) is 0 Å². The second kappa shape index (κ2) is 7.64. The van der Waals surface area contributed by atoms with E-state index < -0.39 is 0 Å². The minimum Gasteiger partial charge on any atom is -0.378 e. The van der Waals surface area contributed by atoms with E-state index in [4.69, 9.17) is 9.47 Å². The van der Waals surface area contributed by atoms with Crippen molar-refractivity contribution in [3.63, 3.8) is 0 Å². The van der Waals surface area contributed by atoms with Gasteiger partial charge in [-0.2, -0.15) is 0 Å². The van der Waals surface area contributed by atoms with Crippen molar-refractivity contribution in [2.45, 2.75) is 77.9 Å². The summed E-state index contributed by atoms with van der Waals surface area (Å²) in [6, 6.07) is 0. The molecule has 2 aliphatic rings. The lowest BCUT2D eigenvalue weighted by Crippen LogP contribution is -2.21. The highest BCUT2D eigenvalue weighted by Crippen LogP contribution is 2.40. The summed E-state index contributed by atoms with van der Waals surface area (Å²) in [4.78, 5) is 0. The minimum absolute atomic E-state index is 0.544. The summed E-state index contributed by atoms with van der Waals surface area (Å²) >= 11 is 0. The zero-order chi connectivity index (χ0) is 13.7. The van der Waals surface area contributed by atoms with E-state index in [2.05, 4.69) is 20.8 Å². The van der Waals surface area contributed by atoms with Crippen LogP contribution in [-0.4, -0.2) is 25.4 Å². The van der Waals surface area contributed by atoms with Crippen molar-refractivity contribution < 1.29 is 9.47 Å². The molecule has 1 saturated heterocycles. The topological polar surface area (TPSA) is 18.5 Å². The molecule has 112 valence electrons. The maximum absolute atomic E-state index is 5.94. The fraction of sp³-hybridized carbons (Fsp3) is 1.00. The number of hydrogen-bond donors (Lipinski definition) is 0. The maximum Gasteiger partial charge on any atom is 0.0607 e. The molecule has 0 aromatic rings. The molecule has 0 spiro atoms. The molecule has 2 heteroatoms. The van der Waals surface area contributed by atoms with Crippen LogP contribution in [0, 0.1) is 17.8 Å². The largest absolute Gasteiger partial charge is 0.378 e. The Kier molecular flexibility index (Phi) is 6.15. The quantitative estimate of drug-likeness (QED) is 0.648. The van der Waals surface area contributed by atoms with Crippen molar-refractivity contribution in [1.82, 2.24) is 0 Å². The van der Waals surface area contributed by atoms with E-state index in [9.17, 15) is 0 Å². The lowest BCUT2D eigenvalue weighted by atomic mass is 9.94. The van der Waals surface area contributed by atoms with Crippen molar-refractivity contribution in [3.8, 4) is 0 Å². The molecule has 2 rings (SSSR count). The first-order valence-corrected chi connectivity index (χ1v) is 8.38. The van der Waals surface area contributed by atoms with E-state index in [0.717, 1.165) is 31.0 Å². The zero-order valence-electron chi connectivity index (χ0n) is 13.1. The number of hydrogen-bond acceptors (Lipinski definition) is 2. The molecule has 1 aliphatic heterocycles. The molecule has 19 heavy (non-hydrogen) atoms. The SMILES string of the molecule is CC(C)CCOC1CC1CC(C)CC1CCCCO1. The van der Waals surface area contributed by atoms with E-state index in [-0.39, 0.29) is 0 Å². The lowest BCUT2D eigenvalue weighted by Gasteiger charge is -2.25. The predicted octanol–water partition coefficient (Wildman–Crippen LogP) is 4.42. The Morgan fingerprint density at radius 2 is 2.00 bits per heavy atom. The highest BCUT2D eigenvalue weighted by molar-refractivity contribution is 4.89. The van der Waals surface area contributed by atoms with Crippen LogP contribution < -0.4 is 0 Å². The van der Waals surface area contributed by atoms with Gasteiger partial charge in [0, 0.05) is 13.2 Å². The van der Waals surface area contributed by atoms with Gasteiger partial charge < -0.3 is 9.47 Å². The summed E-state index contributed by atoms with van der Waals surface area (Å²) in [7, 11) is 0. The molecular formula is C17H32O2. The molecule has 1 aliphatic carbocycles. The van der Waals surface area contributed by atoms with Gasteiger partial charge in [0.25, 0.3) is 0 Å². The van der Waals surface area contributed by atoms with Gasteiger partial charge >= 0.3 is 0 Å². The molecule has 1 heterocycles. The number of ether oxygens (including phenoxy) is 2. The second-order valence-corrected chi connectivity index (χ2v) is 7.15. The summed E-state index contributed by atoms with van der Waals surface area (Å²) in [6.07, 6.45) is 10.1. The third-order valence-corrected chi connectivity index (χ3v) is 4.53. The predicted molar refractivity (Wildman–Crippen MR) is 79.3 cm³/mol. The lowest BCUT2D eigenvalue weighted by molar-refractivity contribution is 0.00114. The molecule has 0 aromatic carbocycles. The minimum atomic E-state index is 0.544. The molecule has 4 atom stereocenters. The van der Waals surface area contributed by atoms with Crippen molar-refractivity contribution in [3.05, 3.63) is 0 Å². The monoisotopic (exact) mass is 268 g/mol. The summed E-state index contributed by atoms with van der Waals surface area (Å²) in [5.41, 5.74) is 0.